The van der Waals surface area contributed by atoms with E-state index >= 15 is 0 Å². The molecule has 190 valence electrons. The second-order valence-electron chi connectivity index (χ2n) is 8.61. The molecule has 2 aromatic heterocycles. The van der Waals surface area contributed by atoms with Gasteiger partial charge in [0.1, 0.15) is 0 Å². The molecule has 1 atom stereocenters. The molecular weight excluding hydrogens is 450 g/mol. The average Bonchev–Trinajstić information content (AvgIpc) is 3.27. The molecule has 0 saturated carbocycles. The van der Waals surface area contributed by atoms with Crippen LogP contribution in [0.3, 0.4) is 0 Å². The van der Waals surface area contributed by atoms with E-state index in [2.05, 4.69) is 17.2 Å². The zero-order valence-corrected chi connectivity index (χ0v) is 21.2. The van der Waals surface area contributed by atoms with Gasteiger partial charge in [0.15, 0.2) is 22.7 Å². The van der Waals surface area contributed by atoms with Crippen LogP contribution < -0.4 is 26.0 Å². The van der Waals surface area contributed by atoms with Crippen molar-refractivity contribution < 1.29 is 14.3 Å². The van der Waals surface area contributed by atoms with E-state index in [0.29, 0.717) is 48.8 Å². The quantitative estimate of drug-likeness (QED) is 0.422. The standard InChI is InChI=1S/C25H35N5O5/c1-6-13-34-19-11-10-18(15-20(19)35-14-7-2)17(3)27-21(31)9-8-12-30-16-26-23-22(30)24(32)29(5)25(33)28(23)4/h10-11,15-17H,6-9,12-14H2,1-5H3,(H,27,31). The fourth-order valence-electron chi connectivity index (χ4n) is 3.82. The number of amides is 1. The van der Waals surface area contributed by atoms with Crippen molar-refractivity contribution in [3.63, 3.8) is 0 Å². The second kappa shape index (κ2) is 11.7. The maximum absolute atomic E-state index is 12.6. The Balaban J connectivity index is 1.62. The fraction of sp³-hybridized carbons (Fsp3) is 0.520. The van der Waals surface area contributed by atoms with Crippen molar-refractivity contribution in [2.24, 2.45) is 14.1 Å². The van der Waals surface area contributed by atoms with E-state index in [1.165, 1.54) is 17.9 Å². The number of hydrogen-bond acceptors (Lipinski definition) is 6. The topological polar surface area (TPSA) is 109 Å². The monoisotopic (exact) mass is 485 g/mol. The zero-order valence-electron chi connectivity index (χ0n) is 21.2. The minimum atomic E-state index is -0.422. The van der Waals surface area contributed by atoms with Crippen molar-refractivity contribution in [3.05, 3.63) is 50.9 Å². The van der Waals surface area contributed by atoms with Gasteiger partial charge in [-0.25, -0.2) is 9.78 Å². The molecule has 3 aromatic rings. The van der Waals surface area contributed by atoms with Crippen molar-refractivity contribution in [2.75, 3.05) is 13.2 Å². The number of imidazole rings is 1. The molecule has 10 nitrogen and oxygen atoms in total. The van der Waals surface area contributed by atoms with Crippen LogP contribution >= 0.6 is 0 Å². The van der Waals surface area contributed by atoms with Gasteiger partial charge in [-0.1, -0.05) is 19.9 Å². The number of hydrogen-bond donors (Lipinski definition) is 1. The number of aryl methyl sites for hydroxylation is 2. The molecule has 0 aliphatic carbocycles. The van der Waals surface area contributed by atoms with Crippen molar-refractivity contribution in [1.82, 2.24) is 24.0 Å². The van der Waals surface area contributed by atoms with E-state index in [1.807, 2.05) is 32.0 Å². The van der Waals surface area contributed by atoms with E-state index in [-0.39, 0.29) is 18.4 Å². The number of rotatable bonds is 12. The number of fused-ring (bicyclic) bond motifs is 1. The van der Waals surface area contributed by atoms with Crippen molar-refractivity contribution in [2.45, 2.75) is 59.0 Å². The van der Waals surface area contributed by atoms with Gasteiger partial charge >= 0.3 is 5.69 Å². The molecule has 0 fully saturated rings. The Kier molecular flexibility index (Phi) is 8.73. The molecular formula is C25H35N5O5. The summed E-state index contributed by atoms with van der Waals surface area (Å²) in [4.78, 5) is 41.4. The molecule has 1 N–H and O–H groups in total. The van der Waals surface area contributed by atoms with Crippen LogP contribution in [0.15, 0.2) is 34.1 Å². The first-order valence-corrected chi connectivity index (χ1v) is 12.1. The SMILES string of the molecule is CCCOc1ccc(C(C)NC(=O)CCCn2cnc3c2c(=O)n(C)c(=O)n3C)cc1OCCC. The summed E-state index contributed by atoms with van der Waals surface area (Å²) in [7, 11) is 3.02. The summed E-state index contributed by atoms with van der Waals surface area (Å²) in [6.45, 7) is 7.66. The molecule has 0 radical (unpaired) electrons. The van der Waals surface area contributed by atoms with Gasteiger partial charge in [0.2, 0.25) is 5.91 Å². The summed E-state index contributed by atoms with van der Waals surface area (Å²) in [5.74, 6) is 1.30. The normalized spacial score (nSPS) is 12.0. The third kappa shape index (κ3) is 5.93. The van der Waals surface area contributed by atoms with Gasteiger partial charge in [0.25, 0.3) is 5.56 Å². The van der Waals surface area contributed by atoms with E-state index in [4.69, 9.17) is 9.47 Å². The number of carbonyl (C=O) groups excluding carboxylic acids is 1. The molecule has 10 heteroatoms. The predicted molar refractivity (Wildman–Crippen MR) is 134 cm³/mol. The summed E-state index contributed by atoms with van der Waals surface area (Å²) in [6.07, 6.45) is 4.13. The molecule has 3 rings (SSSR count). The fourth-order valence-corrected chi connectivity index (χ4v) is 3.82. The summed E-state index contributed by atoms with van der Waals surface area (Å²) >= 11 is 0. The van der Waals surface area contributed by atoms with Crippen LogP contribution in [0.4, 0.5) is 0 Å². The predicted octanol–water partition coefficient (Wildman–Crippen LogP) is 2.67. The Hall–Kier alpha value is -3.56. The minimum absolute atomic E-state index is 0.0930. The third-order valence-corrected chi connectivity index (χ3v) is 5.79. The maximum atomic E-state index is 12.6. The van der Waals surface area contributed by atoms with Gasteiger partial charge in [-0.05, 0) is 43.9 Å². The van der Waals surface area contributed by atoms with Gasteiger partial charge in [-0.3, -0.25) is 18.7 Å². The highest BCUT2D eigenvalue weighted by Gasteiger charge is 2.16. The highest BCUT2D eigenvalue weighted by atomic mass is 16.5. The number of aromatic nitrogens is 4. The summed E-state index contributed by atoms with van der Waals surface area (Å²) in [5, 5.41) is 3.02. The highest BCUT2D eigenvalue weighted by Crippen LogP contribution is 2.31. The van der Waals surface area contributed by atoms with Crippen LogP contribution in [-0.2, 0) is 25.4 Å². The Labute approximate surface area is 204 Å². The van der Waals surface area contributed by atoms with Crippen LogP contribution in [0.5, 0.6) is 11.5 Å². The minimum Gasteiger partial charge on any atom is -0.490 e. The lowest BCUT2D eigenvalue weighted by Crippen LogP contribution is -2.37. The smallest absolute Gasteiger partial charge is 0.332 e. The van der Waals surface area contributed by atoms with E-state index in [1.54, 1.807) is 11.6 Å². The Bertz CT molecular complexity index is 1290. The van der Waals surface area contributed by atoms with Gasteiger partial charge in [0.05, 0.1) is 25.6 Å². The number of carbonyl (C=O) groups is 1. The Morgan fingerprint density at radius 1 is 1.06 bits per heavy atom. The molecule has 0 saturated heterocycles. The lowest BCUT2D eigenvalue weighted by molar-refractivity contribution is -0.121. The average molecular weight is 486 g/mol. The summed E-state index contributed by atoms with van der Waals surface area (Å²) in [5.41, 5.74) is 0.802. The first-order chi connectivity index (χ1) is 16.8. The van der Waals surface area contributed by atoms with Crippen LogP contribution in [0.1, 0.15) is 58.1 Å². The number of benzene rings is 1. The molecule has 0 spiro atoms. The molecule has 0 bridgehead atoms. The first kappa shape index (κ1) is 26.1. The van der Waals surface area contributed by atoms with Gasteiger partial charge in [-0.15, -0.1) is 0 Å². The summed E-state index contributed by atoms with van der Waals surface area (Å²) in [6, 6.07) is 5.54. The lowest BCUT2D eigenvalue weighted by atomic mass is 10.1. The van der Waals surface area contributed by atoms with E-state index < -0.39 is 11.2 Å². The highest BCUT2D eigenvalue weighted by molar-refractivity contribution is 5.76. The van der Waals surface area contributed by atoms with Gasteiger partial charge < -0.3 is 19.4 Å². The van der Waals surface area contributed by atoms with Crippen LogP contribution in [0.2, 0.25) is 0 Å². The maximum Gasteiger partial charge on any atom is 0.332 e. The van der Waals surface area contributed by atoms with E-state index in [9.17, 15) is 14.4 Å². The molecule has 2 heterocycles. The molecule has 35 heavy (non-hydrogen) atoms. The second-order valence-corrected chi connectivity index (χ2v) is 8.61. The lowest BCUT2D eigenvalue weighted by Gasteiger charge is -2.18. The molecule has 1 amide bonds. The van der Waals surface area contributed by atoms with Crippen LogP contribution in [0.25, 0.3) is 11.2 Å². The molecule has 0 aliphatic rings. The largest absolute Gasteiger partial charge is 0.490 e. The molecule has 1 aromatic carbocycles. The van der Waals surface area contributed by atoms with Crippen molar-refractivity contribution >= 4 is 17.1 Å². The molecule has 1 unspecified atom stereocenters. The Morgan fingerprint density at radius 2 is 1.74 bits per heavy atom. The van der Waals surface area contributed by atoms with Crippen molar-refractivity contribution in [1.29, 1.82) is 0 Å². The number of ether oxygens (including phenoxy) is 2. The van der Waals surface area contributed by atoms with Gasteiger partial charge in [-0.2, -0.15) is 0 Å². The number of nitrogens with zero attached hydrogens (tertiary/aromatic N) is 4. The van der Waals surface area contributed by atoms with Crippen LogP contribution in [-0.4, -0.2) is 37.8 Å². The zero-order chi connectivity index (χ0) is 25.5. The van der Waals surface area contributed by atoms with Crippen molar-refractivity contribution in [3.8, 4) is 11.5 Å². The Morgan fingerprint density at radius 3 is 2.43 bits per heavy atom. The number of nitrogens with one attached hydrogen (secondary N) is 1. The summed E-state index contributed by atoms with van der Waals surface area (Å²) < 4.78 is 15.7. The first-order valence-electron chi connectivity index (χ1n) is 12.1. The molecule has 0 aliphatic heterocycles. The third-order valence-electron chi connectivity index (χ3n) is 5.79. The van der Waals surface area contributed by atoms with E-state index in [0.717, 1.165) is 23.0 Å². The van der Waals surface area contributed by atoms with Crippen LogP contribution in [0, 0.1) is 0 Å². The van der Waals surface area contributed by atoms with Gasteiger partial charge in [0, 0.05) is 27.1 Å².